The van der Waals surface area contributed by atoms with Crippen molar-refractivity contribution in [2.24, 2.45) is 5.41 Å². The molecule has 2 aliphatic rings. The molecule has 1 saturated heterocycles. The molecule has 0 unspecified atom stereocenters. The van der Waals surface area contributed by atoms with Gasteiger partial charge in [0.25, 0.3) is 10.2 Å². The van der Waals surface area contributed by atoms with Gasteiger partial charge < -0.3 is 4.42 Å². The normalized spacial score (nSPS) is 21.1. The van der Waals surface area contributed by atoms with Gasteiger partial charge in [-0.3, -0.25) is 0 Å². The van der Waals surface area contributed by atoms with Crippen molar-refractivity contribution >= 4 is 10.2 Å². The lowest BCUT2D eigenvalue weighted by Crippen LogP contribution is -2.48. The minimum atomic E-state index is -3.91. The van der Waals surface area contributed by atoms with Gasteiger partial charge in [-0.1, -0.05) is 25.8 Å². The van der Waals surface area contributed by atoms with E-state index in [1.165, 1.54) is 23.2 Å². The minimum Gasteiger partial charge on any atom is -0.391 e. The van der Waals surface area contributed by atoms with Crippen LogP contribution in [0.3, 0.4) is 0 Å². The van der Waals surface area contributed by atoms with Gasteiger partial charge in [-0.25, -0.2) is 14.3 Å². The molecule has 1 spiro atoms. The molecule has 0 bridgehead atoms. The van der Waals surface area contributed by atoms with Gasteiger partial charge in [-0.15, -0.1) is 5.10 Å². The van der Waals surface area contributed by atoms with Crippen LogP contribution in [-0.4, -0.2) is 36.0 Å². The van der Waals surface area contributed by atoms with E-state index in [4.69, 9.17) is 4.42 Å². The largest absolute Gasteiger partial charge is 0.434 e. The van der Waals surface area contributed by atoms with E-state index in [2.05, 4.69) is 14.9 Å². The third kappa shape index (κ3) is 4.40. The Labute approximate surface area is 187 Å². The third-order valence-electron chi connectivity index (χ3n) is 7.47. The van der Waals surface area contributed by atoms with E-state index >= 15 is 0 Å². The average molecular weight is 467 g/mol. The van der Waals surface area contributed by atoms with Gasteiger partial charge in [0, 0.05) is 19.0 Å². The fraction of sp³-hybridized carbons (Fsp3) is 0.636. The molecular formula is C22H31FN4O4S. The van der Waals surface area contributed by atoms with Crippen LogP contribution in [0.2, 0.25) is 0 Å². The summed E-state index contributed by atoms with van der Waals surface area (Å²) in [6, 6.07) is 2.00. The zero-order valence-electron chi connectivity index (χ0n) is 18.8. The molecule has 1 aromatic heterocycles. The van der Waals surface area contributed by atoms with Crippen LogP contribution in [-0.2, 0) is 10.2 Å². The SMILES string of the molecule is Cc1ccc(F)c([C@H](C)[C@H](NS(=O)(=O)N2CCC3(CCCC3)CC2)c2n[nH]c(=O)o2)c1C. The lowest BCUT2D eigenvalue weighted by molar-refractivity contribution is 0.158. The van der Waals surface area contributed by atoms with Gasteiger partial charge in [0.15, 0.2) is 0 Å². The first-order valence-electron chi connectivity index (χ1n) is 11.2. The predicted octanol–water partition coefficient (Wildman–Crippen LogP) is 3.45. The number of H-pyrrole nitrogens is 1. The number of hydrogen-bond acceptors (Lipinski definition) is 5. The molecule has 10 heteroatoms. The summed E-state index contributed by atoms with van der Waals surface area (Å²) in [6.45, 7) is 6.25. The fourth-order valence-electron chi connectivity index (χ4n) is 5.33. The van der Waals surface area contributed by atoms with Crippen molar-refractivity contribution in [3.8, 4) is 0 Å². The maximum Gasteiger partial charge on any atom is 0.434 e. The number of hydrogen-bond donors (Lipinski definition) is 2. The number of aromatic nitrogens is 2. The van der Waals surface area contributed by atoms with Crippen molar-refractivity contribution in [2.45, 2.75) is 71.3 Å². The number of nitrogens with one attached hydrogen (secondary N) is 2. The fourth-order valence-corrected chi connectivity index (χ4v) is 6.77. The molecule has 1 aliphatic carbocycles. The molecular weight excluding hydrogens is 435 g/mol. The van der Waals surface area contributed by atoms with Crippen LogP contribution in [0.15, 0.2) is 21.3 Å². The van der Waals surface area contributed by atoms with Crippen molar-refractivity contribution in [1.29, 1.82) is 0 Å². The Bertz CT molecular complexity index is 1130. The molecule has 2 N–H and O–H groups in total. The number of rotatable bonds is 6. The molecule has 8 nitrogen and oxygen atoms in total. The Morgan fingerprint density at radius 2 is 1.84 bits per heavy atom. The zero-order chi connectivity index (χ0) is 23.1. The highest BCUT2D eigenvalue weighted by atomic mass is 32.2. The summed E-state index contributed by atoms with van der Waals surface area (Å²) in [6.07, 6.45) is 6.44. The molecule has 0 amide bonds. The van der Waals surface area contributed by atoms with Crippen LogP contribution in [0.1, 0.15) is 80.0 Å². The van der Waals surface area contributed by atoms with Gasteiger partial charge >= 0.3 is 5.76 Å². The Hall–Kier alpha value is -2.04. The lowest BCUT2D eigenvalue weighted by atomic mass is 9.78. The first-order chi connectivity index (χ1) is 15.1. The summed E-state index contributed by atoms with van der Waals surface area (Å²) in [4.78, 5) is 11.6. The molecule has 1 aromatic carbocycles. The van der Waals surface area contributed by atoms with Crippen LogP contribution >= 0.6 is 0 Å². The molecule has 2 fully saturated rings. The monoisotopic (exact) mass is 466 g/mol. The number of aromatic amines is 1. The molecule has 32 heavy (non-hydrogen) atoms. The van der Waals surface area contributed by atoms with E-state index < -0.39 is 33.7 Å². The summed E-state index contributed by atoms with van der Waals surface area (Å²) < 4.78 is 50.7. The Kier molecular flexibility index (Phi) is 6.30. The van der Waals surface area contributed by atoms with Crippen LogP contribution in [0, 0.1) is 25.1 Å². The first kappa shape index (κ1) is 23.1. The molecule has 2 atom stereocenters. The first-order valence-corrected chi connectivity index (χ1v) is 12.6. The Balaban J connectivity index is 1.62. The van der Waals surface area contributed by atoms with Gasteiger partial charge in [0.2, 0.25) is 5.89 Å². The van der Waals surface area contributed by atoms with Crippen LogP contribution < -0.4 is 10.5 Å². The highest BCUT2D eigenvalue weighted by Gasteiger charge is 2.41. The number of halogens is 1. The van der Waals surface area contributed by atoms with Crippen LogP contribution in [0.25, 0.3) is 0 Å². The number of aryl methyl sites for hydroxylation is 1. The summed E-state index contributed by atoms with van der Waals surface area (Å²) in [7, 11) is -3.91. The maximum atomic E-state index is 14.8. The van der Waals surface area contributed by atoms with Crippen LogP contribution in [0.5, 0.6) is 0 Å². The number of piperidine rings is 1. The van der Waals surface area contributed by atoms with Crippen molar-refractivity contribution < 1.29 is 17.2 Å². The molecule has 4 rings (SSSR count). The Morgan fingerprint density at radius 3 is 2.44 bits per heavy atom. The van der Waals surface area contributed by atoms with E-state index in [1.54, 1.807) is 19.9 Å². The second-order valence-electron chi connectivity index (χ2n) is 9.35. The smallest absolute Gasteiger partial charge is 0.391 e. The molecule has 1 aliphatic heterocycles. The van der Waals surface area contributed by atoms with E-state index in [-0.39, 0.29) is 11.3 Å². The third-order valence-corrected chi connectivity index (χ3v) is 9.07. The van der Waals surface area contributed by atoms with E-state index in [9.17, 15) is 17.6 Å². The lowest BCUT2D eigenvalue weighted by Gasteiger charge is -2.39. The summed E-state index contributed by atoms with van der Waals surface area (Å²) >= 11 is 0. The van der Waals surface area contributed by atoms with Crippen LogP contribution in [0.4, 0.5) is 4.39 Å². The summed E-state index contributed by atoms with van der Waals surface area (Å²) in [5.74, 6) is -2.01. The Morgan fingerprint density at radius 1 is 1.19 bits per heavy atom. The summed E-state index contributed by atoms with van der Waals surface area (Å²) in [5, 5.41) is 6.04. The second-order valence-corrected chi connectivity index (χ2v) is 11.1. The molecule has 2 heterocycles. The van der Waals surface area contributed by atoms with Crippen molar-refractivity contribution in [1.82, 2.24) is 19.2 Å². The van der Waals surface area contributed by atoms with Gasteiger partial charge in [0.05, 0.1) is 0 Å². The van der Waals surface area contributed by atoms with Crippen molar-refractivity contribution in [3.63, 3.8) is 0 Å². The molecule has 0 radical (unpaired) electrons. The molecule has 176 valence electrons. The van der Waals surface area contributed by atoms with Gasteiger partial charge in [-0.05, 0) is 67.7 Å². The average Bonchev–Trinajstić information content (AvgIpc) is 3.39. The van der Waals surface area contributed by atoms with Gasteiger partial charge in [-0.2, -0.15) is 17.4 Å². The topological polar surface area (TPSA) is 108 Å². The quantitative estimate of drug-likeness (QED) is 0.678. The number of benzene rings is 1. The highest BCUT2D eigenvalue weighted by molar-refractivity contribution is 7.87. The van der Waals surface area contributed by atoms with Crippen molar-refractivity contribution in [3.05, 3.63) is 51.1 Å². The maximum absolute atomic E-state index is 14.8. The number of nitrogens with zero attached hydrogens (tertiary/aromatic N) is 2. The summed E-state index contributed by atoms with van der Waals surface area (Å²) in [5.41, 5.74) is 2.25. The van der Waals surface area contributed by atoms with Gasteiger partial charge in [0.1, 0.15) is 11.9 Å². The second kappa shape index (κ2) is 8.72. The van der Waals surface area contributed by atoms with Crippen molar-refractivity contribution in [2.75, 3.05) is 13.1 Å². The predicted molar refractivity (Wildman–Crippen MR) is 118 cm³/mol. The zero-order valence-corrected chi connectivity index (χ0v) is 19.6. The van der Waals surface area contributed by atoms with E-state index in [1.807, 2.05) is 6.92 Å². The van der Waals surface area contributed by atoms with E-state index in [0.29, 0.717) is 18.7 Å². The van der Waals surface area contributed by atoms with E-state index in [0.717, 1.165) is 36.8 Å². The molecule has 1 saturated carbocycles. The molecule has 2 aromatic rings. The minimum absolute atomic E-state index is 0.115. The highest BCUT2D eigenvalue weighted by Crippen LogP contribution is 2.46. The standard InChI is InChI=1S/C22H31FN4O4S/c1-14-6-7-17(23)18(15(14)2)16(3)19(20-24-25-21(28)31-20)26-32(29,30)27-12-10-22(11-13-27)8-4-5-9-22/h6-7,16,19,26H,4-5,8-13H2,1-3H3,(H,25,28)/t16-,19-/m0/s1.